The van der Waals surface area contributed by atoms with Crippen molar-refractivity contribution in [2.45, 2.75) is 20.0 Å². The molecule has 0 aliphatic heterocycles. The molecule has 0 amide bonds. The summed E-state index contributed by atoms with van der Waals surface area (Å²) in [7, 11) is 0. The van der Waals surface area contributed by atoms with Gasteiger partial charge in [-0.25, -0.2) is 4.79 Å². The van der Waals surface area contributed by atoms with Gasteiger partial charge in [0.1, 0.15) is 6.07 Å². The first-order chi connectivity index (χ1) is 6.65. The molecule has 0 fully saturated rings. The predicted molar refractivity (Wildman–Crippen MR) is 49.5 cm³/mol. The molecule has 0 N–H and O–H groups in total. The number of hydrogen-bond acceptors (Lipinski definition) is 4. The van der Waals surface area contributed by atoms with Crippen molar-refractivity contribution in [2.24, 2.45) is 0 Å². The smallest absolute Gasteiger partial charge is 0.339 e. The minimum Gasteiger partial charge on any atom is -0.459 e. The molecular weight excluding hydrogens is 180 g/mol. The normalized spacial score (nSPS) is 9.57. The van der Waals surface area contributed by atoms with Gasteiger partial charge in [-0.15, -0.1) is 0 Å². The third kappa shape index (κ3) is 2.30. The number of carbonyl (C=O) groups excluding carboxylic acids is 1. The molecule has 0 saturated heterocycles. The van der Waals surface area contributed by atoms with E-state index in [0.29, 0.717) is 0 Å². The molecule has 1 aromatic rings. The Morgan fingerprint density at radius 1 is 1.64 bits per heavy atom. The first kappa shape index (κ1) is 10.2. The molecule has 0 aliphatic carbocycles. The topological polar surface area (TPSA) is 63.0 Å². The Hall–Kier alpha value is -1.89. The second-order valence-electron chi connectivity index (χ2n) is 2.99. The summed E-state index contributed by atoms with van der Waals surface area (Å²) in [6.07, 6.45) is 2.61. The van der Waals surface area contributed by atoms with Crippen LogP contribution in [0.25, 0.3) is 0 Å². The molecule has 0 unspecified atom stereocenters. The molecule has 1 aromatic heterocycles. The zero-order valence-electron chi connectivity index (χ0n) is 8.02. The molecule has 4 nitrogen and oxygen atoms in total. The van der Waals surface area contributed by atoms with Gasteiger partial charge in [-0.05, 0) is 19.9 Å². The summed E-state index contributed by atoms with van der Waals surface area (Å²) in [5.74, 6) is -0.487. The van der Waals surface area contributed by atoms with E-state index >= 15 is 0 Å². The van der Waals surface area contributed by atoms with Crippen LogP contribution < -0.4 is 0 Å². The number of ether oxygens (including phenoxy) is 1. The SMILES string of the molecule is CC(C)OC(=O)c1ccncc1C#N. The van der Waals surface area contributed by atoms with Gasteiger partial charge in [-0.2, -0.15) is 5.26 Å². The minimum absolute atomic E-state index is 0.192. The van der Waals surface area contributed by atoms with Crippen LogP contribution in [0.4, 0.5) is 0 Å². The van der Waals surface area contributed by atoms with E-state index in [0.717, 1.165) is 0 Å². The van der Waals surface area contributed by atoms with E-state index in [-0.39, 0.29) is 17.2 Å². The number of pyridine rings is 1. The second kappa shape index (κ2) is 4.38. The fourth-order valence-corrected chi connectivity index (χ4v) is 0.939. The van der Waals surface area contributed by atoms with Gasteiger partial charge in [0.25, 0.3) is 0 Å². The molecule has 1 heterocycles. The third-order valence-electron chi connectivity index (χ3n) is 1.50. The van der Waals surface area contributed by atoms with Crippen molar-refractivity contribution in [3.8, 4) is 6.07 Å². The summed E-state index contributed by atoms with van der Waals surface area (Å²) < 4.78 is 4.96. The number of esters is 1. The Kier molecular flexibility index (Phi) is 3.19. The number of hydrogen-bond donors (Lipinski definition) is 0. The quantitative estimate of drug-likeness (QED) is 0.663. The van der Waals surface area contributed by atoms with E-state index in [1.807, 2.05) is 6.07 Å². The maximum absolute atomic E-state index is 11.4. The standard InChI is InChI=1S/C10H10N2O2/c1-7(2)14-10(13)9-3-4-12-6-8(9)5-11/h3-4,6-7H,1-2H3. The van der Waals surface area contributed by atoms with Crippen LogP contribution in [-0.2, 0) is 4.74 Å². The van der Waals surface area contributed by atoms with Gasteiger partial charge in [0.2, 0.25) is 0 Å². The summed E-state index contributed by atoms with van der Waals surface area (Å²) >= 11 is 0. The molecule has 14 heavy (non-hydrogen) atoms. The lowest BCUT2D eigenvalue weighted by Crippen LogP contribution is -2.13. The minimum atomic E-state index is -0.487. The van der Waals surface area contributed by atoms with E-state index in [1.165, 1.54) is 18.5 Å². The molecule has 0 spiro atoms. The van der Waals surface area contributed by atoms with E-state index in [2.05, 4.69) is 4.98 Å². The number of carbonyl (C=O) groups is 1. The van der Waals surface area contributed by atoms with Gasteiger partial charge in [-0.3, -0.25) is 4.98 Å². The van der Waals surface area contributed by atoms with Crippen LogP contribution in [0.3, 0.4) is 0 Å². The molecule has 0 bridgehead atoms. The van der Waals surface area contributed by atoms with Crippen LogP contribution in [0.5, 0.6) is 0 Å². The highest BCUT2D eigenvalue weighted by Crippen LogP contribution is 2.08. The Morgan fingerprint density at radius 3 is 2.93 bits per heavy atom. The second-order valence-corrected chi connectivity index (χ2v) is 2.99. The van der Waals surface area contributed by atoms with Crippen LogP contribution >= 0.6 is 0 Å². The lowest BCUT2D eigenvalue weighted by atomic mass is 10.1. The maximum Gasteiger partial charge on any atom is 0.339 e. The Morgan fingerprint density at radius 2 is 2.36 bits per heavy atom. The zero-order valence-corrected chi connectivity index (χ0v) is 8.02. The summed E-state index contributed by atoms with van der Waals surface area (Å²) in [6, 6.07) is 3.36. The zero-order chi connectivity index (χ0) is 10.6. The van der Waals surface area contributed by atoms with Gasteiger partial charge < -0.3 is 4.74 Å². The summed E-state index contributed by atoms with van der Waals surface area (Å²) in [4.78, 5) is 15.2. The van der Waals surface area contributed by atoms with E-state index < -0.39 is 5.97 Å². The Balaban J connectivity index is 2.96. The van der Waals surface area contributed by atoms with Crippen molar-refractivity contribution >= 4 is 5.97 Å². The molecule has 72 valence electrons. The number of rotatable bonds is 2. The van der Waals surface area contributed by atoms with Crippen LogP contribution in [-0.4, -0.2) is 17.1 Å². The van der Waals surface area contributed by atoms with Crippen molar-refractivity contribution < 1.29 is 9.53 Å². The van der Waals surface area contributed by atoms with Gasteiger partial charge in [0.15, 0.2) is 0 Å². The average molecular weight is 190 g/mol. The lowest BCUT2D eigenvalue weighted by molar-refractivity contribution is 0.0377. The highest BCUT2D eigenvalue weighted by molar-refractivity contribution is 5.92. The molecule has 0 saturated carbocycles. The largest absolute Gasteiger partial charge is 0.459 e. The molecular formula is C10H10N2O2. The number of nitriles is 1. The van der Waals surface area contributed by atoms with E-state index in [4.69, 9.17) is 10.00 Å². The lowest BCUT2D eigenvalue weighted by Gasteiger charge is -2.07. The first-order valence-electron chi connectivity index (χ1n) is 4.20. The Bertz CT molecular complexity index is 380. The molecule has 1 rings (SSSR count). The van der Waals surface area contributed by atoms with Crippen molar-refractivity contribution in [3.05, 3.63) is 29.6 Å². The van der Waals surface area contributed by atoms with Gasteiger partial charge in [0.05, 0.1) is 17.2 Å². The maximum atomic E-state index is 11.4. The van der Waals surface area contributed by atoms with Crippen LogP contribution in [0, 0.1) is 11.3 Å². The molecule has 0 aromatic carbocycles. The molecule has 0 radical (unpaired) electrons. The fourth-order valence-electron chi connectivity index (χ4n) is 0.939. The highest BCUT2D eigenvalue weighted by atomic mass is 16.5. The van der Waals surface area contributed by atoms with Gasteiger partial charge >= 0.3 is 5.97 Å². The van der Waals surface area contributed by atoms with Crippen molar-refractivity contribution in [1.29, 1.82) is 5.26 Å². The van der Waals surface area contributed by atoms with Crippen LogP contribution in [0.1, 0.15) is 29.8 Å². The highest BCUT2D eigenvalue weighted by Gasteiger charge is 2.13. The Labute approximate surface area is 82.1 Å². The molecule has 0 aliphatic rings. The number of nitrogens with zero attached hydrogens (tertiary/aromatic N) is 2. The average Bonchev–Trinajstić information content (AvgIpc) is 2.16. The van der Waals surface area contributed by atoms with Crippen molar-refractivity contribution in [3.63, 3.8) is 0 Å². The molecule has 4 heteroatoms. The summed E-state index contributed by atoms with van der Waals surface area (Å²) in [5.41, 5.74) is 0.495. The van der Waals surface area contributed by atoms with Gasteiger partial charge in [-0.1, -0.05) is 0 Å². The molecule has 0 atom stereocenters. The van der Waals surface area contributed by atoms with E-state index in [9.17, 15) is 4.79 Å². The number of aromatic nitrogens is 1. The van der Waals surface area contributed by atoms with Crippen LogP contribution in [0.15, 0.2) is 18.5 Å². The van der Waals surface area contributed by atoms with Crippen molar-refractivity contribution in [1.82, 2.24) is 4.98 Å². The van der Waals surface area contributed by atoms with Gasteiger partial charge in [0, 0.05) is 12.4 Å². The summed E-state index contributed by atoms with van der Waals surface area (Å²) in [5, 5.41) is 8.70. The fraction of sp³-hybridized carbons (Fsp3) is 0.300. The van der Waals surface area contributed by atoms with Crippen LogP contribution in [0.2, 0.25) is 0 Å². The summed E-state index contributed by atoms with van der Waals surface area (Å²) in [6.45, 7) is 3.51. The van der Waals surface area contributed by atoms with Crippen molar-refractivity contribution in [2.75, 3.05) is 0 Å². The van der Waals surface area contributed by atoms with E-state index in [1.54, 1.807) is 13.8 Å². The monoisotopic (exact) mass is 190 g/mol. The predicted octanol–water partition coefficient (Wildman–Crippen LogP) is 1.52. The third-order valence-corrected chi connectivity index (χ3v) is 1.50. The first-order valence-corrected chi connectivity index (χ1v) is 4.20.